The topological polar surface area (TPSA) is 41.6 Å². The zero-order valence-corrected chi connectivity index (χ0v) is 10.6. The molecule has 3 unspecified atom stereocenters. The summed E-state index contributed by atoms with van der Waals surface area (Å²) in [6.45, 7) is 5.67. The van der Waals surface area contributed by atoms with E-state index in [0.29, 0.717) is 12.1 Å². The van der Waals surface area contributed by atoms with Crippen LogP contribution in [0.15, 0.2) is 0 Å². The second-order valence-corrected chi connectivity index (χ2v) is 5.95. The van der Waals surface area contributed by atoms with Gasteiger partial charge in [-0.2, -0.15) is 0 Å². The predicted octanol–water partition coefficient (Wildman–Crippen LogP) is 1.75. The van der Waals surface area contributed by atoms with Crippen molar-refractivity contribution in [2.45, 2.75) is 63.8 Å². The number of alkyl carbamates (subject to hydrolysis) is 1. The maximum absolute atomic E-state index is 11.6. The molecule has 4 nitrogen and oxygen atoms in total. The van der Waals surface area contributed by atoms with E-state index in [9.17, 15) is 4.79 Å². The van der Waals surface area contributed by atoms with E-state index in [4.69, 9.17) is 4.74 Å². The van der Waals surface area contributed by atoms with Crippen LogP contribution >= 0.6 is 0 Å². The van der Waals surface area contributed by atoms with Crippen LogP contribution in [0, 0.1) is 0 Å². The van der Waals surface area contributed by atoms with E-state index in [2.05, 4.69) is 17.3 Å². The third-order valence-electron chi connectivity index (χ3n) is 3.59. The standard InChI is InChI=1S/C12H22N2O2/c1-12(2,3)16-11(15)13-9-7-8-5-6-10(9)14(8)4/h8-10H,5-7H2,1-4H3,(H,13,15). The van der Waals surface area contributed by atoms with E-state index < -0.39 is 5.60 Å². The molecule has 0 aromatic rings. The maximum atomic E-state index is 11.6. The Morgan fingerprint density at radius 3 is 2.50 bits per heavy atom. The molecule has 2 rings (SSSR count). The van der Waals surface area contributed by atoms with Gasteiger partial charge < -0.3 is 10.1 Å². The SMILES string of the molecule is CN1C2CCC1C(NC(=O)OC(C)(C)C)C2. The summed E-state index contributed by atoms with van der Waals surface area (Å²) >= 11 is 0. The summed E-state index contributed by atoms with van der Waals surface area (Å²) in [5, 5.41) is 2.99. The van der Waals surface area contributed by atoms with Gasteiger partial charge in [-0.3, -0.25) is 4.90 Å². The van der Waals surface area contributed by atoms with Crippen molar-refractivity contribution in [1.82, 2.24) is 10.2 Å². The Morgan fingerprint density at radius 2 is 2.06 bits per heavy atom. The van der Waals surface area contributed by atoms with Gasteiger partial charge in [-0.15, -0.1) is 0 Å². The van der Waals surface area contributed by atoms with Gasteiger partial charge in [0, 0.05) is 18.1 Å². The third-order valence-corrected chi connectivity index (χ3v) is 3.59. The van der Waals surface area contributed by atoms with Gasteiger partial charge in [0.15, 0.2) is 0 Å². The molecule has 2 bridgehead atoms. The van der Waals surface area contributed by atoms with E-state index >= 15 is 0 Å². The van der Waals surface area contributed by atoms with Crippen molar-refractivity contribution in [1.29, 1.82) is 0 Å². The summed E-state index contributed by atoms with van der Waals surface area (Å²) in [5.41, 5.74) is -0.409. The first-order valence-electron chi connectivity index (χ1n) is 6.08. The zero-order valence-electron chi connectivity index (χ0n) is 10.6. The van der Waals surface area contributed by atoms with Crippen molar-refractivity contribution < 1.29 is 9.53 Å². The molecule has 0 aromatic carbocycles. The summed E-state index contributed by atoms with van der Waals surface area (Å²) in [7, 11) is 2.15. The molecule has 2 aliphatic rings. The summed E-state index contributed by atoms with van der Waals surface area (Å²) < 4.78 is 5.27. The molecule has 0 aliphatic carbocycles. The molecular weight excluding hydrogens is 204 g/mol. The van der Waals surface area contributed by atoms with Gasteiger partial charge in [0.2, 0.25) is 0 Å². The molecule has 16 heavy (non-hydrogen) atoms. The minimum atomic E-state index is -0.409. The Balaban J connectivity index is 1.85. The smallest absolute Gasteiger partial charge is 0.407 e. The summed E-state index contributed by atoms with van der Waals surface area (Å²) in [5.74, 6) is 0. The number of ether oxygens (including phenoxy) is 1. The Bertz CT molecular complexity index is 285. The molecule has 2 fully saturated rings. The van der Waals surface area contributed by atoms with Gasteiger partial charge >= 0.3 is 6.09 Å². The lowest BCUT2D eigenvalue weighted by molar-refractivity contribution is 0.0493. The van der Waals surface area contributed by atoms with Gasteiger partial charge in [0.1, 0.15) is 5.60 Å². The maximum Gasteiger partial charge on any atom is 0.407 e. The second-order valence-electron chi connectivity index (χ2n) is 5.95. The normalized spacial score (nSPS) is 34.1. The number of likely N-dealkylation sites (N-methyl/N-ethyl adjacent to an activating group) is 1. The highest BCUT2D eigenvalue weighted by Gasteiger charge is 2.44. The van der Waals surface area contributed by atoms with Crippen molar-refractivity contribution in [3.8, 4) is 0 Å². The van der Waals surface area contributed by atoms with Crippen molar-refractivity contribution in [2.24, 2.45) is 0 Å². The first-order chi connectivity index (χ1) is 7.37. The average molecular weight is 226 g/mol. The number of hydrogen-bond acceptors (Lipinski definition) is 3. The van der Waals surface area contributed by atoms with Gasteiger partial charge in [-0.25, -0.2) is 4.79 Å². The van der Waals surface area contributed by atoms with E-state index in [-0.39, 0.29) is 12.1 Å². The van der Waals surface area contributed by atoms with Gasteiger partial charge in [-0.1, -0.05) is 0 Å². The molecular formula is C12H22N2O2. The Morgan fingerprint density at radius 1 is 1.38 bits per heavy atom. The fourth-order valence-electron chi connectivity index (χ4n) is 2.87. The number of nitrogens with one attached hydrogen (secondary N) is 1. The lowest BCUT2D eigenvalue weighted by Gasteiger charge is -2.25. The second kappa shape index (κ2) is 3.91. The summed E-state index contributed by atoms with van der Waals surface area (Å²) in [4.78, 5) is 14.0. The monoisotopic (exact) mass is 226 g/mol. The van der Waals surface area contributed by atoms with E-state index in [0.717, 1.165) is 6.42 Å². The van der Waals surface area contributed by atoms with Crippen LogP contribution in [0.2, 0.25) is 0 Å². The highest BCUT2D eigenvalue weighted by Crippen LogP contribution is 2.36. The molecule has 0 spiro atoms. The molecule has 4 heteroatoms. The lowest BCUT2D eigenvalue weighted by Crippen LogP contribution is -2.45. The van der Waals surface area contributed by atoms with E-state index in [1.54, 1.807) is 0 Å². The van der Waals surface area contributed by atoms with Crippen LogP contribution in [0.1, 0.15) is 40.0 Å². The zero-order chi connectivity index (χ0) is 11.9. The molecule has 2 saturated heterocycles. The molecule has 0 aromatic heterocycles. The van der Waals surface area contributed by atoms with Crippen LogP contribution in [0.3, 0.4) is 0 Å². The molecule has 0 radical (unpaired) electrons. The van der Waals surface area contributed by atoms with Crippen molar-refractivity contribution in [3.05, 3.63) is 0 Å². The lowest BCUT2D eigenvalue weighted by atomic mass is 9.96. The van der Waals surface area contributed by atoms with Crippen LogP contribution < -0.4 is 5.32 Å². The highest BCUT2D eigenvalue weighted by molar-refractivity contribution is 5.68. The van der Waals surface area contributed by atoms with Gasteiger partial charge in [0.05, 0.1) is 0 Å². The van der Waals surface area contributed by atoms with E-state index in [1.807, 2.05) is 20.8 Å². The Hall–Kier alpha value is -0.770. The van der Waals surface area contributed by atoms with E-state index in [1.165, 1.54) is 12.8 Å². The third kappa shape index (κ3) is 2.32. The largest absolute Gasteiger partial charge is 0.444 e. The fourth-order valence-corrected chi connectivity index (χ4v) is 2.87. The molecule has 92 valence electrons. The van der Waals surface area contributed by atoms with Crippen LogP contribution in [0.25, 0.3) is 0 Å². The van der Waals surface area contributed by atoms with Crippen LogP contribution in [-0.4, -0.2) is 41.8 Å². The molecule has 1 N–H and O–H groups in total. The quantitative estimate of drug-likeness (QED) is 0.740. The Kier molecular flexibility index (Phi) is 2.86. The molecule has 2 heterocycles. The van der Waals surface area contributed by atoms with Crippen molar-refractivity contribution in [2.75, 3.05) is 7.05 Å². The summed E-state index contributed by atoms with van der Waals surface area (Å²) in [6.07, 6.45) is 3.26. The Labute approximate surface area is 97.3 Å². The number of hydrogen-bond donors (Lipinski definition) is 1. The van der Waals surface area contributed by atoms with Crippen molar-refractivity contribution >= 4 is 6.09 Å². The first-order valence-corrected chi connectivity index (χ1v) is 6.08. The molecule has 3 atom stereocenters. The number of carbonyl (C=O) groups is 1. The summed E-state index contributed by atoms with van der Waals surface area (Å²) in [6, 6.07) is 1.45. The highest BCUT2D eigenvalue weighted by atomic mass is 16.6. The van der Waals surface area contributed by atoms with Crippen molar-refractivity contribution in [3.63, 3.8) is 0 Å². The number of fused-ring (bicyclic) bond motifs is 2. The van der Waals surface area contributed by atoms with Crippen LogP contribution in [-0.2, 0) is 4.74 Å². The fraction of sp³-hybridized carbons (Fsp3) is 0.917. The molecule has 1 amide bonds. The number of nitrogens with zero attached hydrogens (tertiary/aromatic N) is 1. The number of rotatable bonds is 1. The van der Waals surface area contributed by atoms with Crippen LogP contribution in [0.5, 0.6) is 0 Å². The molecule has 2 aliphatic heterocycles. The van der Waals surface area contributed by atoms with Gasteiger partial charge in [0.25, 0.3) is 0 Å². The minimum absolute atomic E-state index is 0.276. The average Bonchev–Trinajstić information content (AvgIpc) is 2.57. The predicted molar refractivity (Wildman–Crippen MR) is 62.3 cm³/mol. The number of carbonyl (C=O) groups excluding carboxylic acids is 1. The first kappa shape index (κ1) is 11.7. The minimum Gasteiger partial charge on any atom is -0.444 e. The van der Waals surface area contributed by atoms with Crippen LogP contribution in [0.4, 0.5) is 4.79 Å². The number of amides is 1. The molecule has 0 saturated carbocycles. The van der Waals surface area contributed by atoms with Gasteiger partial charge in [-0.05, 0) is 47.1 Å².